The second-order valence-electron chi connectivity index (χ2n) is 5.88. The van der Waals surface area contributed by atoms with Crippen molar-refractivity contribution in [2.75, 3.05) is 6.54 Å². The molecule has 20 heavy (non-hydrogen) atoms. The molecular weight excluding hydrogens is 429 g/mol. The van der Waals surface area contributed by atoms with Crippen LogP contribution in [0.3, 0.4) is 0 Å². The predicted octanol–water partition coefficient (Wildman–Crippen LogP) is 4.85. The molecule has 2 unspecified atom stereocenters. The van der Waals surface area contributed by atoms with E-state index >= 15 is 0 Å². The van der Waals surface area contributed by atoms with Crippen LogP contribution in [0.4, 0.5) is 0 Å². The molecule has 3 rings (SSSR count). The van der Waals surface area contributed by atoms with Crippen molar-refractivity contribution in [1.82, 2.24) is 4.90 Å². The molecule has 0 aromatic heterocycles. The van der Waals surface area contributed by atoms with Crippen LogP contribution in [-0.4, -0.2) is 23.4 Å². The SMILES string of the molecule is O=C(c1cc(Br)ccc1I)N1CCCC2CCCCC21. The third-order valence-corrected chi connectivity index (χ3v) is 6.10. The fourth-order valence-electron chi connectivity index (χ4n) is 3.69. The Morgan fingerprint density at radius 1 is 1.20 bits per heavy atom. The van der Waals surface area contributed by atoms with Gasteiger partial charge in [0.25, 0.3) is 5.91 Å². The number of carbonyl (C=O) groups is 1. The van der Waals surface area contributed by atoms with Gasteiger partial charge in [-0.3, -0.25) is 4.79 Å². The predicted molar refractivity (Wildman–Crippen MR) is 92.9 cm³/mol. The smallest absolute Gasteiger partial charge is 0.255 e. The number of amides is 1. The third kappa shape index (κ3) is 2.91. The molecule has 1 aliphatic heterocycles. The molecule has 0 N–H and O–H groups in total. The first-order valence-electron chi connectivity index (χ1n) is 7.43. The van der Waals surface area contributed by atoms with Crippen molar-refractivity contribution in [3.63, 3.8) is 0 Å². The molecule has 2 aliphatic rings. The Balaban J connectivity index is 1.87. The van der Waals surface area contributed by atoms with Gasteiger partial charge in [0, 0.05) is 20.6 Å². The number of likely N-dealkylation sites (tertiary alicyclic amines) is 1. The van der Waals surface area contributed by atoms with Crippen LogP contribution in [0, 0.1) is 9.49 Å². The van der Waals surface area contributed by atoms with Crippen molar-refractivity contribution >= 4 is 44.4 Å². The minimum absolute atomic E-state index is 0.229. The van der Waals surface area contributed by atoms with E-state index in [0.29, 0.717) is 6.04 Å². The second kappa shape index (κ2) is 6.34. The van der Waals surface area contributed by atoms with Gasteiger partial charge in [0.15, 0.2) is 0 Å². The van der Waals surface area contributed by atoms with Crippen molar-refractivity contribution in [3.8, 4) is 0 Å². The van der Waals surface area contributed by atoms with E-state index in [2.05, 4.69) is 43.4 Å². The Kier molecular flexibility index (Phi) is 4.70. The van der Waals surface area contributed by atoms with Gasteiger partial charge in [-0.2, -0.15) is 0 Å². The number of piperidine rings is 1. The number of fused-ring (bicyclic) bond motifs is 1. The Morgan fingerprint density at radius 2 is 1.95 bits per heavy atom. The Labute approximate surface area is 142 Å². The maximum Gasteiger partial charge on any atom is 0.255 e. The van der Waals surface area contributed by atoms with Crippen LogP contribution in [0.5, 0.6) is 0 Å². The van der Waals surface area contributed by atoms with Crippen LogP contribution >= 0.6 is 38.5 Å². The molecule has 1 heterocycles. The number of hydrogen-bond donors (Lipinski definition) is 0. The van der Waals surface area contributed by atoms with Crippen LogP contribution < -0.4 is 0 Å². The number of benzene rings is 1. The molecule has 2 atom stereocenters. The summed E-state index contributed by atoms with van der Waals surface area (Å²) in [7, 11) is 0. The van der Waals surface area contributed by atoms with E-state index in [4.69, 9.17) is 0 Å². The summed E-state index contributed by atoms with van der Waals surface area (Å²) in [5.41, 5.74) is 0.853. The van der Waals surface area contributed by atoms with E-state index in [1.807, 2.05) is 18.2 Å². The van der Waals surface area contributed by atoms with Gasteiger partial charge >= 0.3 is 0 Å². The molecule has 0 bridgehead atoms. The zero-order valence-corrected chi connectivity index (χ0v) is 15.2. The molecule has 1 saturated carbocycles. The number of nitrogens with zero attached hydrogens (tertiary/aromatic N) is 1. The standard InChI is InChI=1S/C16H19BrINO/c17-12-7-8-14(18)13(10-12)16(20)19-9-3-5-11-4-1-2-6-15(11)19/h7-8,10-11,15H,1-6,9H2. The number of carbonyl (C=O) groups excluding carboxylic acids is 1. The van der Waals surface area contributed by atoms with E-state index in [1.54, 1.807) is 0 Å². The summed E-state index contributed by atoms with van der Waals surface area (Å²) in [6.45, 7) is 0.933. The molecule has 1 aromatic carbocycles. The van der Waals surface area contributed by atoms with Gasteiger partial charge in [0.1, 0.15) is 0 Å². The largest absolute Gasteiger partial charge is 0.335 e. The van der Waals surface area contributed by atoms with Gasteiger partial charge in [0.2, 0.25) is 0 Å². The Hall–Kier alpha value is -0.100. The highest BCUT2D eigenvalue weighted by Crippen LogP contribution is 2.36. The normalized spacial score (nSPS) is 26.2. The fraction of sp³-hybridized carbons (Fsp3) is 0.562. The monoisotopic (exact) mass is 447 g/mol. The zero-order valence-electron chi connectivity index (χ0n) is 11.4. The van der Waals surface area contributed by atoms with Gasteiger partial charge in [-0.1, -0.05) is 28.8 Å². The Bertz CT molecular complexity index is 517. The van der Waals surface area contributed by atoms with Crippen molar-refractivity contribution < 1.29 is 4.79 Å². The van der Waals surface area contributed by atoms with Gasteiger partial charge in [0.05, 0.1) is 5.56 Å². The van der Waals surface area contributed by atoms with E-state index in [9.17, 15) is 4.79 Å². The van der Waals surface area contributed by atoms with Crippen molar-refractivity contribution in [1.29, 1.82) is 0 Å². The summed E-state index contributed by atoms with van der Waals surface area (Å²) < 4.78 is 2.03. The molecule has 108 valence electrons. The Morgan fingerprint density at radius 3 is 2.80 bits per heavy atom. The lowest BCUT2D eigenvalue weighted by Gasteiger charge is -2.44. The molecule has 1 aliphatic carbocycles. The van der Waals surface area contributed by atoms with Gasteiger partial charge in [-0.05, 0) is 72.4 Å². The second-order valence-corrected chi connectivity index (χ2v) is 7.95. The summed E-state index contributed by atoms with van der Waals surface area (Å²) in [5.74, 6) is 0.971. The minimum atomic E-state index is 0.229. The van der Waals surface area contributed by atoms with E-state index in [0.717, 1.165) is 32.5 Å². The van der Waals surface area contributed by atoms with Crippen LogP contribution in [0.2, 0.25) is 0 Å². The molecule has 1 saturated heterocycles. The molecule has 0 radical (unpaired) electrons. The quantitative estimate of drug-likeness (QED) is 0.563. The highest BCUT2D eigenvalue weighted by Gasteiger charge is 2.36. The lowest BCUT2D eigenvalue weighted by Crippen LogP contribution is -2.49. The first kappa shape index (κ1) is 14.8. The molecular formula is C16H19BrINO. The molecule has 1 amide bonds. The van der Waals surface area contributed by atoms with Crippen LogP contribution in [-0.2, 0) is 0 Å². The fourth-order valence-corrected chi connectivity index (χ4v) is 4.62. The highest BCUT2D eigenvalue weighted by atomic mass is 127. The number of hydrogen-bond acceptors (Lipinski definition) is 1. The first-order valence-corrected chi connectivity index (χ1v) is 9.30. The van der Waals surface area contributed by atoms with Crippen LogP contribution in [0.25, 0.3) is 0 Å². The maximum atomic E-state index is 12.9. The number of halogens is 2. The molecule has 0 spiro atoms. The lowest BCUT2D eigenvalue weighted by molar-refractivity contribution is 0.0389. The molecule has 2 nitrogen and oxygen atoms in total. The number of rotatable bonds is 1. The average molecular weight is 448 g/mol. The van der Waals surface area contributed by atoms with Gasteiger partial charge in [-0.25, -0.2) is 0 Å². The molecule has 1 aromatic rings. The van der Waals surface area contributed by atoms with E-state index in [-0.39, 0.29) is 5.91 Å². The summed E-state index contributed by atoms with van der Waals surface area (Å²) >= 11 is 5.75. The zero-order chi connectivity index (χ0) is 14.1. The summed E-state index contributed by atoms with van der Waals surface area (Å²) in [6.07, 6.45) is 7.60. The summed E-state index contributed by atoms with van der Waals surface area (Å²) in [4.78, 5) is 15.1. The lowest BCUT2D eigenvalue weighted by atomic mass is 9.78. The summed E-state index contributed by atoms with van der Waals surface area (Å²) in [5, 5.41) is 0. The summed E-state index contributed by atoms with van der Waals surface area (Å²) in [6, 6.07) is 6.47. The minimum Gasteiger partial charge on any atom is -0.335 e. The van der Waals surface area contributed by atoms with Crippen molar-refractivity contribution in [3.05, 3.63) is 31.8 Å². The molecule has 4 heteroatoms. The average Bonchev–Trinajstić information content (AvgIpc) is 2.48. The van der Waals surface area contributed by atoms with E-state index in [1.165, 1.54) is 32.1 Å². The van der Waals surface area contributed by atoms with Crippen molar-refractivity contribution in [2.45, 2.75) is 44.6 Å². The van der Waals surface area contributed by atoms with Crippen molar-refractivity contribution in [2.24, 2.45) is 5.92 Å². The van der Waals surface area contributed by atoms with Crippen LogP contribution in [0.15, 0.2) is 22.7 Å². The first-order chi connectivity index (χ1) is 9.66. The third-order valence-electron chi connectivity index (χ3n) is 4.66. The van der Waals surface area contributed by atoms with E-state index < -0.39 is 0 Å². The van der Waals surface area contributed by atoms with Gasteiger partial charge in [-0.15, -0.1) is 0 Å². The maximum absolute atomic E-state index is 12.9. The highest BCUT2D eigenvalue weighted by molar-refractivity contribution is 14.1. The topological polar surface area (TPSA) is 20.3 Å². The van der Waals surface area contributed by atoms with Crippen LogP contribution in [0.1, 0.15) is 48.9 Å². The molecule has 2 fully saturated rings. The van der Waals surface area contributed by atoms with Gasteiger partial charge < -0.3 is 4.90 Å².